The summed E-state index contributed by atoms with van der Waals surface area (Å²) in [6.07, 6.45) is 0. The Morgan fingerprint density at radius 2 is 1.80 bits per heavy atom. The van der Waals surface area contributed by atoms with Crippen LogP contribution in [0.15, 0.2) is 59.8 Å². The van der Waals surface area contributed by atoms with E-state index in [0.29, 0.717) is 0 Å². The number of benzene rings is 2. The van der Waals surface area contributed by atoms with Crippen molar-refractivity contribution in [1.82, 2.24) is 19.6 Å². The maximum Gasteiger partial charge on any atom is 0.231 e. The first-order valence-electron chi connectivity index (χ1n) is 6.40. The lowest BCUT2D eigenvalue weighted by Crippen LogP contribution is -1.86. The van der Waals surface area contributed by atoms with Gasteiger partial charge < -0.3 is 0 Å². The number of hydrogen-bond acceptors (Lipinski definition) is 3. The molecule has 0 aliphatic rings. The first-order valence-corrected chi connectivity index (χ1v) is 7.39. The van der Waals surface area contributed by atoms with E-state index in [1.807, 2.05) is 24.3 Å². The fourth-order valence-electron chi connectivity index (χ4n) is 2.26. The molecule has 0 saturated heterocycles. The molecule has 0 unspecified atom stereocenters. The second-order valence-electron chi connectivity index (χ2n) is 4.54. The molecule has 1 N–H and O–H groups in total. The molecule has 0 saturated carbocycles. The van der Waals surface area contributed by atoms with Crippen LogP contribution in [0.4, 0.5) is 0 Å². The van der Waals surface area contributed by atoms with Gasteiger partial charge in [-0.05, 0) is 17.7 Å². The summed E-state index contributed by atoms with van der Waals surface area (Å²) < 4.78 is 2.07. The van der Waals surface area contributed by atoms with Crippen molar-refractivity contribution in [2.45, 2.75) is 10.9 Å². The van der Waals surface area contributed by atoms with Gasteiger partial charge in [0.15, 0.2) is 5.16 Å². The molecule has 2 aromatic carbocycles. The number of rotatable bonds is 3. The number of hydrogen-bond donors (Lipinski definition) is 1. The fraction of sp³-hybridized carbons (Fsp3) is 0.0667. The van der Waals surface area contributed by atoms with Crippen LogP contribution in [-0.2, 0) is 5.75 Å². The largest absolute Gasteiger partial charge is 0.254 e. The van der Waals surface area contributed by atoms with Crippen molar-refractivity contribution in [2.24, 2.45) is 0 Å². The number of thioether (sulfide) groups is 1. The summed E-state index contributed by atoms with van der Waals surface area (Å²) in [5.74, 6) is 1.69. The van der Waals surface area contributed by atoms with Crippen LogP contribution in [0.3, 0.4) is 0 Å². The van der Waals surface area contributed by atoms with Gasteiger partial charge in [0.05, 0.1) is 11.0 Å². The minimum absolute atomic E-state index is 0.793. The summed E-state index contributed by atoms with van der Waals surface area (Å²) in [4.78, 5) is 4.52. The van der Waals surface area contributed by atoms with Crippen LogP contribution in [0.1, 0.15) is 5.56 Å². The number of nitrogens with zero attached hydrogens (tertiary/aromatic N) is 3. The van der Waals surface area contributed by atoms with Crippen LogP contribution in [0.2, 0.25) is 0 Å². The highest BCUT2D eigenvalue weighted by Gasteiger charge is 2.11. The van der Waals surface area contributed by atoms with Crippen LogP contribution < -0.4 is 0 Å². The quantitative estimate of drug-likeness (QED) is 0.584. The maximum atomic E-state index is 4.52. The molecule has 4 rings (SSSR count). The molecule has 5 heteroatoms. The predicted molar refractivity (Wildman–Crippen MR) is 80.8 cm³/mol. The molecule has 20 heavy (non-hydrogen) atoms. The van der Waals surface area contributed by atoms with E-state index >= 15 is 0 Å². The van der Waals surface area contributed by atoms with Crippen molar-refractivity contribution in [3.63, 3.8) is 0 Å². The standard InChI is InChI=1S/C15H12N4S/c1-2-6-11(7-3-1)10-20-15-18-17-14-16-12-8-4-5-9-13(12)19(14)15/h1-9H,10H2,(H,16,17). The Labute approximate surface area is 119 Å². The minimum Gasteiger partial charge on any atom is -0.254 e. The zero-order chi connectivity index (χ0) is 13.4. The molecule has 0 amide bonds. The van der Waals surface area contributed by atoms with Crippen molar-refractivity contribution < 1.29 is 0 Å². The third-order valence-electron chi connectivity index (χ3n) is 3.21. The van der Waals surface area contributed by atoms with E-state index in [4.69, 9.17) is 0 Å². The van der Waals surface area contributed by atoms with Crippen LogP contribution in [0.25, 0.3) is 16.8 Å². The summed E-state index contributed by atoms with van der Waals surface area (Å²) in [6, 6.07) is 18.5. The number of H-pyrrole nitrogens is 1. The molecule has 0 spiro atoms. The van der Waals surface area contributed by atoms with E-state index in [1.165, 1.54) is 5.56 Å². The van der Waals surface area contributed by atoms with E-state index < -0.39 is 0 Å². The van der Waals surface area contributed by atoms with E-state index in [0.717, 1.165) is 27.7 Å². The lowest BCUT2D eigenvalue weighted by molar-refractivity contribution is 0.940. The highest BCUT2D eigenvalue weighted by atomic mass is 32.2. The van der Waals surface area contributed by atoms with Gasteiger partial charge in [-0.15, -0.1) is 5.10 Å². The van der Waals surface area contributed by atoms with Gasteiger partial charge >= 0.3 is 0 Å². The molecule has 98 valence electrons. The monoisotopic (exact) mass is 280 g/mol. The van der Waals surface area contributed by atoms with Crippen molar-refractivity contribution in [2.75, 3.05) is 0 Å². The Bertz CT molecular complexity index is 863. The normalized spacial score (nSPS) is 11.4. The molecule has 2 heterocycles. The fourth-order valence-corrected chi connectivity index (χ4v) is 3.17. The predicted octanol–water partition coefficient (Wildman–Crippen LogP) is 3.50. The van der Waals surface area contributed by atoms with Gasteiger partial charge in [0.1, 0.15) is 0 Å². The zero-order valence-corrected chi connectivity index (χ0v) is 11.5. The van der Waals surface area contributed by atoms with E-state index in [1.54, 1.807) is 11.8 Å². The Balaban J connectivity index is 1.73. The van der Waals surface area contributed by atoms with Gasteiger partial charge in [-0.2, -0.15) is 0 Å². The van der Waals surface area contributed by atoms with Crippen molar-refractivity contribution in [1.29, 1.82) is 0 Å². The Morgan fingerprint density at radius 1 is 1.00 bits per heavy atom. The topological polar surface area (TPSA) is 46.0 Å². The van der Waals surface area contributed by atoms with Crippen LogP contribution in [-0.4, -0.2) is 19.6 Å². The number of aromatic amines is 1. The maximum absolute atomic E-state index is 4.52. The van der Waals surface area contributed by atoms with Gasteiger partial charge in [-0.3, -0.25) is 4.40 Å². The van der Waals surface area contributed by atoms with Crippen LogP contribution >= 0.6 is 11.8 Å². The Hall–Kier alpha value is -2.27. The Morgan fingerprint density at radius 3 is 2.70 bits per heavy atom. The molecule has 0 radical (unpaired) electrons. The highest BCUT2D eigenvalue weighted by Crippen LogP contribution is 2.25. The van der Waals surface area contributed by atoms with Gasteiger partial charge in [-0.25, -0.2) is 10.1 Å². The molecular weight excluding hydrogens is 268 g/mol. The second-order valence-corrected chi connectivity index (χ2v) is 5.48. The van der Waals surface area contributed by atoms with E-state index in [2.05, 4.69) is 49.9 Å². The third-order valence-corrected chi connectivity index (χ3v) is 4.22. The van der Waals surface area contributed by atoms with Crippen molar-refractivity contribution >= 4 is 28.6 Å². The first kappa shape index (κ1) is 11.5. The summed E-state index contributed by atoms with van der Waals surface area (Å²) in [7, 11) is 0. The van der Waals surface area contributed by atoms with Gasteiger partial charge in [0.2, 0.25) is 5.78 Å². The summed E-state index contributed by atoms with van der Waals surface area (Å²) in [5.41, 5.74) is 3.37. The molecule has 0 atom stereocenters. The molecule has 0 bridgehead atoms. The SMILES string of the molecule is c1ccc(CSc2n[nH]c3nc4ccccc4n23)cc1. The third kappa shape index (κ3) is 1.87. The van der Waals surface area contributed by atoms with Crippen LogP contribution in [0, 0.1) is 0 Å². The lowest BCUT2D eigenvalue weighted by atomic mass is 10.2. The van der Waals surface area contributed by atoms with Crippen molar-refractivity contribution in [3.05, 3.63) is 60.2 Å². The summed E-state index contributed by atoms with van der Waals surface area (Å²) in [5, 5.41) is 8.30. The first-order chi connectivity index (χ1) is 9.92. The van der Waals surface area contributed by atoms with E-state index in [9.17, 15) is 0 Å². The van der Waals surface area contributed by atoms with Gasteiger partial charge in [-0.1, -0.05) is 54.2 Å². The molecule has 4 nitrogen and oxygen atoms in total. The van der Waals surface area contributed by atoms with Gasteiger partial charge in [0, 0.05) is 5.75 Å². The average molecular weight is 280 g/mol. The van der Waals surface area contributed by atoms with Gasteiger partial charge in [0.25, 0.3) is 0 Å². The molecule has 4 aromatic rings. The number of fused-ring (bicyclic) bond motifs is 3. The Kier molecular flexibility index (Phi) is 2.70. The zero-order valence-electron chi connectivity index (χ0n) is 10.7. The molecule has 0 fully saturated rings. The number of aromatic nitrogens is 4. The number of nitrogens with one attached hydrogen (secondary N) is 1. The second kappa shape index (κ2) is 4.68. The molecule has 2 aromatic heterocycles. The molecule has 0 aliphatic carbocycles. The van der Waals surface area contributed by atoms with Crippen molar-refractivity contribution in [3.8, 4) is 0 Å². The van der Waals surface area contributed by atoms with E-state index in [-0.39, 0.29) is 0 Å². The number of para-hydroxylation sites is 2. The summed E-state index contributed by atoms with van der Waals surface area (Å²) in [6.45, 7) is 0. The summed E-state index contributed by atoms with van der Waals surface area (Å²) >= 11 is 1.71. The molecular formula is C15H12N4S. The lowest BCUT2D eigenvalue weighted by Gasteiger charge is -1.99. The molecule has 0 aliphatic heterocycles. The average Bonchev–Trinajstić information content (AvgIpc) is 3.05. The smallest absolute Gasteiger partial charge is 0.231 e. The van der Waals surface area contributed by atoms with Crippen LogP contribution in [0.5, 0.6) is 0 Å². The minimum atomic E-state index is 0.793. The highest BCUT2D eigenvalue weighted by molar-refractivity contribution is 7.98. The number of imidazole rings is 1.